The standard InChI is InChI=1S/C18H28N2O4S/c1-19-18(14-9-11-16(23-3)12-10-14)17(13-24-19)25(21,22)20(2)15-7-5-4-6-8-15/h9-12,15,17-18H,4-8,13H2,1-3H3/t17-,18-/m1/s1. The number of sulfonamides is 1. The van der Waals surface area contributed by atoms with Crippen molar-refractivity contribution in [3.05, 3.63) is 29.8 Å². The fraction of sp³-hybridized carbons (Fsp3) is 0.667. The van der Waals surface area contributed by atoms with Gasteiger partial charge in [-0.15, -0.1) is 0 Å². The Balaban J connectivity index is 1.85. The predicted molar refractivity (Wildman–Crippen MR) is 96.8 cm³/mol. The number of benzene rings is 1. The van der Waals surface area contributed by atoms with Gasteiger partial charge in [0.2, 0.25) is 10.0 Å². The first-order valence-corrected chi connectivity index (χ1v) is 10.4. The van der Waals surface area contributed by atoms with Crippen molar-refractivity contribution in [1.82, 2.24) is 9.37 Å². The Morgan fingerprint density at radius 2 is 1.80 bits per heavy atom. The van der Waals surface area contributed by atoms with Crippen molar-refractivity contribution < 1.29 is 18.0 Å². The van der Waals surface area contributed by atoms with Crippen molar-refractivity contribution >= 4 is 10.0 Å². The maximum atomic E-state index is 13.3. The highest BCUT2D eigenvalue weighted by atomic mass is 32.2. The predicted octanol–water partition coefficient (Wildman–Crippen LogP) is 2.58. The number of hydrogen-bond donors (Lipinski definition) is 0. The molecule has 0 spiro atoms. The topological polar surface area (TPSA) is 59.1 Å². The van der Waals surface area contributed by atoms with E-state index in [-0.39, 0.29) is 18.7 Å². The van der Waals surface area contributed by atoms with Gasteiger partial charge in [-0.2, -0.15) is 5.06 Å². The lowest BCUT2D eigenvalue weighted by molar-refractivity contribution is -0.110. The lowest BCUT2D eigenvalue weighted by Gasteiger charge is -2.33. The number of ether oxygens (including phenoxy) is 1. The molecule has 2 fully saturated rings. The summed E-state index contributed by atoms with van der Waals surface area (Å²) in [7, 11) is 1.70. The lowest BCUT2D eigenvalue weighted by Crippen LogP contribution is -2.45. The molecule has 0 unspecified atom stereocenters. The molecule has 1 aliphatic heterocycles. The zero-order valence-corrected chi connectivity index (χ0v) is 16.0. The van der Waals surface area contributed by atoms with Gasteiger partial charge in [-0.05, 0) is 30.5 Å². The number of rotatable bonds is 5. The maximum absolute atomic E-state index is 13.3. The van der Waals surface area contributed by atoms with Crippen LogP contribution in [-0.4, -0.2) is 56.9 Å². The summed E-state index contributed by atoms with van der Waals surface area (Å²) in [5, 5.41) is 1.07. The third-order valence-electron chi connectivity index (χ3n) is 5.52. The second kappa shape index (κ2) is 7.61. The summed E-state index contributed by atoms with van der Waals surface area (Å²) >= 11 is 0. The van der Waals surface area contributed by atoms with Crippen LogP contribution in [0, 0.1) is 0 Å². The third kappa shape index (κ3) is 3.69. The second-order valence-corrected chi connectivity index (χ2v) is 9.16. The molecule has 2 atom stereocenters. The van der Waals surface area contributed by atoms with E-state index in [0.29, 0.717) is 0 Å². The van der Waals surface area contributed by atoms with Crippen molar-refractivity contribution in [3.8, 4) is 5.75 Å². The van der Waals surface area contributed by atoms with Gasteiger partial charge in [-0.1, -0.05) is 31.4 Å². The van der Waals surface area contributed by atoms with Crippen LogP contribution in [0.3, 0.4) is 0 Å². The third-order valence-corrected chi connectivity index (χ3v) is 7.78. The molecule has 1 saturated heterocycles. The average molecular weight is 368 g/mol. The van der Waals surface area contributed by atoms with Crippen LogP contribution < -0.4 is 4.74 Å². The first-order chi connectivity index (χ1) is 11.9. The molecule has 0 bridgehead atoms. The van der Waals surface area contributed by atoms with Crippen LogP contribution in [0.2, 0.25) is 0 Å². The molecule has 1 aromatic carbocycles. The highest BCUT2D eigenvalue weighted by molar-refractivity contribution is 7.89. The molecule has 7 heteroatoms. The highest BCUT2D eigenvalue weighted by Gasteiger charge is 2.46. The molecule has 6 nitrogen and oxygen atoms in total. The number of hydrogen-bond acceptors (Lipinski definition) is 5. The number of methoxy groups -OCH3 is 1. The van der Waals surface area contributed by atoms with E-state index in [1.54, 1.807) is 30.6 Å². The Bertz CT molecular complexity index is 671. The van der Waals surface area contributed by atoms with Crippen LogP contribution >= 0.6 is 0 Å². The molecule has 1 aromatic rings. The number of hydroxylamine groups is 2. The van der Waals surface area contributed by atoms with E-state index in [1.807, 2.05) is 24.3 Å². The minimum Gasteiger partial charge on any atom is -0.497 e. The van der Waals surface area contributed by atoms with E-state index in [0.717, 1.165) is 37.0 Å². The molecule has 0 aromatic heterocycles. The summed E-state index contributed by atoms with van der Waals surface area (Å²) in [6.45, 7) is 0.187. The van der Waals surface area contributed by atoms with Gasteiger partial charge < -0.3 is 4.74 Å². The summed E-state index contributed by atoms with van der Waals surface area (Å²) in [6.07, 6.45) is 5.31. The normalized spacial score (nSPS) is 26.2. The fourth-order valence-corrected chi connectivity index (χ4v) is 5.88. The quantitative estimate of drug-likeness (QED) is 0.799. The minimum absolute atomic E-state index is 0.112. The van der Waals surface area contributed by atoms with Gasteiger partial charge >= 0.3 is 0 Å². The number of nitrogens with zero attached hydrogens (tertiary/aromatic N) is 2. The first-order valence-electron chi connectivity index (χ1n) is 8.91. The highest BCUT2D eigenvalue weighted by Crippen LogP contribution is 2.36. The second-order valence-electron chi connectivity index (χ2n) is 6.95. The van der Waals surface area contributed by atoms with E-state index in [4.69, 9.17) is 9.57 Å². The van der Waals surface area contributed by atoms with Crippen LogP contribution in [0.5, 0.6) is 5.75 Å². The largest absolute Gasteiger partial charge is 0.497 e. The van der Waals surface area contributed by atoms with Crippen molar-refractivity contribution in [2.75, 3.05) is 27.8 Å². The van der Waals surface area contributed by atoms with Crippen LogP contribution in [0.4, 0.5) is 0 Å². The van der Waals surface area contributed by atoms with Crippen molar-refractivity contribution in [2.24, 2.45) is 0 Å². The zero-order valence-electron chi connectivity index (χ0n) is 15.2. The van der Waals surface area contributed by atoms with Crippen LogP contribution in [-0.2, 0) is 14.9 Å². The van der Waals surface area contributed by atoms with Crippen molar-refractivity contribution in [1.29, 1.82) is 0 Å². The summed E-state index contributed by atoms with van der Waals surface area (Å²) in [5.41, 5.74) is 0.923. The molecule has 2 aliphatic rings. The Hall–Kier alpha value is -1.15. The molecule has 1 aliphatic carbocycles. The van der Waals surface area contributed by atoms with Gasteiger partial charge in [-0.3, -0.25) is 4.84 Å². The smallest absolute Gasteiger partial charge is 0.221 e. The Labute approximate surface area is 150 Å². The molecular formula is C18H28N2O4S. The first kappa shape index (κ1) is 18.6. The van der Waals surface area contributed by atoms with Gasteiger partial charge in [0, 0.05) is 20.1 Å². The maximum Gasteiger partial charge on any atom is 0.221 e. The van der Waals surface area contributed by atoms with Gasteiger partial charge in [-0.25, -0.2) is 12.7 Å². The lowest BCUT2D eigenvalue weighted by atomic mass is 9.96. The molecule has 0 amide bonds. The van der Waals surface area contributed by atoms with Crippen LogP contribution in [0.1, 0.15) is 43.7 Å². The van der Waals surface area contributed by atoms with E-state index in [1.165, 1.54) is 6.42 Å². The Morgan fingerprint density at radius 3 is 2.40 bits per heavy atom. The minimum atomic E-state index is -3.45. The molecule has 25 heavy (non-hydrogen) atoms. The van der Waals surface area contributed by atoms with E-state index < -0.39 is 15.3 Å². The fourth-order valence-electron chi connectivity index (χ4n) is 3.94. The average Bonchev–Trinajstić information content (AvgIpc) is 3.04. The van der Waals surface area contributed by atoms with Crippen molar-refractivity contribution in [2.45, 2.75) is 49.4 Å². The van der Waals surface area contributed by atoms with Gasteiger partial charge in [0.05, 0.1) is 19.8 Å². The van der Waals surface area contributed by atoms with Crippen LogP contribution in [0.15, 0.2) is 24.3 Å². The van der Waals surface area contributed by atoms with E-state index in [9.17, 15) is 8.42 Å². The summed E-state index contributed by atoms with van der Waals surface area (Å²) in [6, 6.07) is 7.34. The van der Waals surface area contributed by atoms with Crippen molar-refractivity contribution in [3.63, 3.8) is 0 Å². The van der Waals surface area contributed by atoms with E-state index >= 15 is 0 Å². The SMILES string of the molecule is COc1ccc([C@@H]2[C@H](S(=O)(=O)N(C)C3CCCCC3)CON2C)cc1. The molecule has 140 valence electrons. The summed E-state index contributed by atoms with van der Waals surface area (Å²) < 4.78 is 33.4. The molecule has 1 saturated carbocycles. The van der Waals surface area contributed by atoms with Crippen LogP contribution in [0.25, 0.3) is 0 Å². The van der Waals surface area contributed by atoms with Gasteiger partial charge in [0.15, 0.2) is 0 Å². The summed E-state index contributed by atoms with van der Waals surface area (Å²) in [5.74, 6) is 0.754. The molecule has 3 rings (SSSR count). The molecule has 0 N–H and O–H groups in total. The summed E-state index contributed by atoms with van der Waals surface area (Å²) in [4.78, 5) is 5.61. The molecular weight excluding hydrogens is 340 g/mol. The van der Waals surface area contributed by atoms with Gasteiger partial charge in [0.1, 0.15) is 11.0 Å². The van der Waals surface area contributed by atoms with E-state index in [2.05, 4.69) is 0 Å². The Morgan fingerprint density at radius 1 is 1.16 bits per heavy atom. The zero-order chi connectivity index (χ0) is 18.0. The molecule has 1 heterocycles. The monoisotopic (exact) mass is 368 g/mol. The molecule has 0 radical (unpaired) electrons. The Kier molecular flexibility index (Phi) is 5.68. The van der Waals surface area contributed by atoms with Gasteiger partial charge in [0.25, 0.3) is 0 Å².